The van der Waals surface area contributed by atoms with E-state index in [1.807, 2.05) is 0 Å². The molecular formula is C22H30Cl2N4O3. The number of carbonyl (C=O) groups is 1. The van der Waals surface area contributed by atoms with Crippen LogP contribution in [0.1, 0.15) is 49.4 Å². The number of rotatable bonds is 3. The summed E-state index contributed by atoms with van der Waals surface area (Å²) in [4.78, 5) is 22.5. The number of aromatic nitrogens is 1. The number of piperidine rings is 2. The van der Waals surface area contributed by atoms with Gasteiger partial charge < -0.3 is 24.3 Å². The first-order chi connectivity index (χ1) is 14.5. The summed E-state index contributed by atoms with van der Waals surface area (Å²) >= 11 is 6.32. The molecule has 1 aromatic heterocycles. The van der Waals surface area contributed by atoms with Crippen molar-refractivity contribution >= 4 is 47.0 Å². The molecule has 3 aliphatic rings. The predicted octanol–water partition coefficient (Wildman–Crippen LogP) is 3.87. The summed E-state index contributed by atoms with van der Waals surface area (Å²) in [5, 5.41) is 3.74. The van der Waals surface area contributed by atoms with Gasteiger partial charge in [-0.2, -0.15) is 4.98 Å². The molecule has 31 heavy (non-hydrogen) atoms. The molecule has 3 aliphatic heterocycles. The molecule has 2 bridgehead atoms. The Morgan fingerprint density at radius 3 is 2.71 bits per heavy atom. The normalized spacial score (nSPS) is 28.9. The Balaban J connectivity index is 0.00000231. The van der Waals surface area contributed by atoms with Crippen LogP contribution < -0.4 is 10.2 Å². The van der Waals surface area contributed by atoms with Gasteiger partial charge in [-0.05, 0) is 45.7 Å². The van der Waals surface area contributed by atoms with Crippen LogP contribution >= 0.6 is 24.0 Å². The van der Waals surface area contributed by atoms with Crippen molar-refractivity contribution in [1.82, 2.24) is 15.2 Å². The molecule has 4 heterocycles. The van der Waals surface area contributed by atoms with Gasteiger partial charge in [0.05, 0.1) is 24.8 Å². The fraction of sp³-hybridized carbons (Fsp3) is 0.636. The lowest BCUT2D eigenvalue weighted by Crippen LogP contribution is -2.55. The number of benzene rings is 1. The van der Waals surface area contributed by atoms with Crippen molar-refractivity contribution in [2.45, 2.75) is 63.2 Å². The Hall–Kier alpha value is -1.54. The summed E-state index contributed by atoms with van der Waals surface area (Å²) in [6, 6.07) is 5.42. The van der Waals surface area contributed by atoms with Crippen molar-refractivity contribution in [3.05, 3.63) is 22.7 Å². The van der Waals surface area contributed by atoms with Crippen LogP contribution in [-0.4, -0.2) is 66.8 Å². The molecule has 0 spiro atoms. The van der Waals surface area contributed by atoms with Gasteiger partial charge in [-0.15, -0.1) is 12.4 Å². The van der Waals surface area contributed by atoms with Crippen molar-refractivity contribution in [2.24, 2.45) is 0 Å². The van der Waals surface area contributed by atoms with E-state index in [0.29, 0.717) is 59.5 Å². The third-order valence-corrected chi connectivity index (χ3v) is 7.20. The van der Waals surface area contributed by atoms with E-state index in [1.54, 1.807) is 12.1 Å². The summed E-state index contributed by atoms with van der Waals surface area (Å²) < 4.78 is 11.5. The molecule has 1 N–H and O–H groups in total. The maximum Gasteiger partial charge on any atom is 0.298 e. The van der Waals surface area contributed by atoms with Crippen LogP contribution in [0.25, 0.3) is 11.1 Å². The zero-order valence-corrected chi connectivity index (χ0v) is 19.5. The van der Waals surface area contributed by atoms with Gasteiger partial charge >= 0.3 is 0 Å². The van der Waals surface area contributed by atoms with Gasteiger partial charge in [-0.3, -0.25) is 4.79 Å². The predicted molar refractivity (Wildman–Crippen MR) is 124 cm³/mol. The second-order valence-electron chi connectivity index (χ2n) is 8.96. The number of hydrogen-bond donors (Lipinski definition) is 1. The number of hydrogen-bond acceptors (Lipinski definition) is 6. The summed E-state index contributed by atoms with van der Waals surface area (Å²) in [5.41, 5.74) is 1.60. The molecule has 0 saturated carbocycles. The lowest BCUT2D eigenvalue weighted by atomic mass is 9.82. The highest BCUT2D eigenvalue weighted by molar-refractivity contribution is 6.32. The average Bonchev–Trinajstić information content (AvgIpc) is 3.12. The van der Waals surface area contributed by atoms with Crippen LogP contribution in [0.15, 0.2) is 16.5 Å². The van der Waals surface area contributed by atoms with Crippen molar-refractivity contribution in [3.8, 4) is 0 Å². The molecule has 0 radical (unpaired) electrons. The van der Waals surface area contributed by atoms with Crippen LogP contribution in [0.2, 0.25) is 5.02 Å². The van der Waals surface area contributed by atoms with Crippen molar-refractivity contribution in [1.29, 1.82) is 0 Å². The van der Waals surface area contributed by atoms with E-state index < -0.39 is 0 Å². The van der Waals surface area contributed by atoms with E-state index in [2.05, 4.69) is 34.1 Å². The lowest BCUT2D eigenvalue weighted by molar-refractivity contribution is 0.0463. The largest absolute Gasteiger partial charge is 0.423 e. The molecule has 170 valence electrons. The van der Waals surface area contributed by atoms with Gasteiger partial charge in [-0.25, -0.2) is 0 Å². The SMILES string of the molecule is C[C@H]1COCCN1c1nc2c(C(=O)NC3CC4CCCC(C3)N4C)cc(Cl)cc2o1.Cl. The number of anilines is 1. The highest BCUT2D eigenvalue weighted by Crippen LogP contribution is 2.34. The van der Waals surface area contributed by atoms with E-state index in [1.165, 1.54) is 19.3 Å². The number of oxazole rings is 1. The smallest absolute Gasteiger partial charge is 0.298 e. The Bertz CT molecular complexity index is 938. The number of ether oxygens (including phenoxy) is 1. The Kier molecular flexibility index (Phi) is 6.68. The van der Waals surface area contributed by atoms with Gasteiger partial charge in [-0.1, -0.05) is 18.0 Å². The van der Waals surface area contributed by atoms with E-state index >= 15 is 0 Å². The maximum atomic E-state index is 13.2. The van der Waals surface area contributed by atoms with Crippen molar-refractivity contribution in [2.75, 3.05) is 31.7 Å². The number of fused-ring (bicyclic) bond motifs is 3. The zero-order valence-electron chi connectivity index (χ0n) is 18.0. The minimum absolute atomic E-state index is 0. The number of nitrogens with zero attached hydrogens (tertiary/aromatic N) is 3. The number of nitrogens with one attached hydrogen (secondary N) is 1. The fourth-order valence-electron chi connectivity index (χ4n) is 5.29. The first-order valence-electron chi connectivity index (χ1n) is 11.0. The third-order valence-electron chi connectivity index (χ3n) is 6.98. The number of amides is 1. The quantitative estimate of drug-likeness (QED) is 0.736. The Morgan fingerprint density at radius 1 is 1.26 bits per heavy atom. The molecule has 3 saturated heterocycles. The molecule has 1 amide bonds. The molecule has 3 fully saturated rings. The van der Waals surface area contributed by atoms with Crippen LogP contribution in [0, 0.1) is 0 Å². The summed E-state index contributed by atoms with van der Waals surface area (Å²) in [5.74, 6) is -0.120. The highest BCUT2D eigenvalue weighted by atomic mass is 35.5. The molecule has 3 atom stereocenters. The summed E-state index contributed by atoms with van der Waals surface area (Å²) in [7, 11) is 2.22. The second-order valence-corrected chi connectivity index (χ2v) is 9.40. The fourth-order valence-corrected chi connectivity index (χ4v) is 5.50. The number of morpholine rings is 1. The number of halogens is 2. The number of carbonyl (C=O) groups excluding carboxylic acids is 1. The molecule has 2 unspecified atom stereocenters. The van der Waals surface area contributed by atoms with Gasteiger partial charge in [0.15, 0.2) is 5.58 Å². The molecule has 1 aromatic carbocycles. The monoisotopic (exact) mass is 468 g/mol. The van der Waals surface area contributed by atoms with Crippen LogP contribution in [-0.2, 0) is 4.74 Å². The van der Waals surface area contributed by atoms with Crippen molar-refractivity contribution in [3.63, 3.8) is 0 Å². The molecule has 7 nitrogen and oxygen atoms in total. The lowest BCUT2D eigenvalue weighted by Gasteiger charge is -2.47. The van der Waals surface area contributed by atoms with Gasteiger partial charge in [0, 0.05) is 35.8 Å². The van der Waals surface area contributed by atoms with Gasteiger partial charge in [0.1, 0.15) is 5.52 Å². The van der Waals surface area contributed by atoms with Crippen molar-refractivity contribution < 1.29 is 13.9 Å². The van der Waals surface area contributed by atoms with Gasteiger partial charge in [0.2, 0.25) is 0 Å². The molecule has 5 rings (SSSR count). The average molecular weight is 469 g/mol. The minimum Gasteiger partial charge on any atom is -0.423 e. The maximum absolute atomic E-state index is 13.2. The third kappa shape index (κ3) is 4.38. The molecule has 2 aromatic rings. The standard InChI is InChI=1S/C22H29ClN4O3.ClH/c1-13-12-29-7-6-27(13)22-25-20-18(8-14(23)9-19(20)30-22)21(28)24-15-10-16-4-3-5-17(11-15)26(16)2;/h8-9,13,15-17H,3-7,10-12H2,1-2H3,(H,24,28);1H/t13-,15?,16?,17?;/m0./s1. The summed E-state index contributed by atoms with van der Waals surface area (Å²) in [6.07, 6.45) is 5.71. The van der Waals surface area contributed by atoms with Crippen LogP contribution in [0.3, 0.4) is 0 Å². The highest BCUT2D eigenvalue weighted by Gasteiger charge is 2.37. The topological polar surface area (TPSA) is 70.8 Å². The molecular weight excluding hydrogens is 439 g/mol. The second kappa shape index (κ2) is 9.14. The molecule has 9 heteroatoms. The van der Waals surface area contributed by atoms with Crippen LogP contribution in [0.4, 0.5) is 6.01 Å². The van der Waals surface area contributed by atoms with E-state index in [9.17, 15) is 4.79 Å². The zero-order chi connectivity index (χ0) is 20.8. The first kappa shape index (κ1) is 22.6. The van der Waals surface area contributed by atoms with E-state index in [0.717, 1.165) is 12.8 Å². The van der Waals surface area contributed by atoms with Gasteiger partial charge in [0.25, 0.3) is 11.9 Å². The van der Waals surface area contributed by atoms with E-state index in [-0.39, 0.29) is 30.4 Å². The van der Waals surface area contributed by atoms with Crippen LogP contribution in [0.5, 0.6) is 0 Å². The molecule has 0 aliphatic carbocycles. The summed E-state index contributed by atoms with van der Waals surface area (Å²) in [6.45, 7) is 4.05. The van der Waals surface area contributed by atoms with E-state index in [4.69, 9.17) is 20.8 Å². The first-order valence-corrected chi connectivity index (χ1v) is 11.3. The Morgan fingerprint density at radius 2 is 2.00 bits per heavy atom. The minimum atomic E-state index is -0.120. The Labute approximate surface area is 193 Å².